The van der Waals surface area contributed by atoms with Gasteiger partial charge in [-0.05, 0) is 37.5 Å². The van der Waals surface area contributed by atoms with Gasteiger partial charge in [-0.2, -0.15) is 0 Å². The Balaban J connectivity index is 1.96. The molecule has 0 aliphatic rings. The Morgan fingerprint density at radius 3 is 2.33 bits per heavy atom. The number of anilines is 1. The lowest BCUT2D eigenvalue weighted by Crippen LogP contribution is -2.39. The van der Waals surface area contributed by atoms with Crippen LogP contribution in [0.3, 0.4) is 0 Å². The lowest BCUT2D eigenvalue weighted by atomic mass is 10.0. The molecule has 1 unspecified atom stereocenters. The minimum atomic E-state index is -0.867. The van der Waals surface area contributed by atoms with E-state index in [0.717, 1.165) is 11.1 Å². The molecule has 0 saturated heterocycles. The molecule has 0 heterocycles. The van der Waals surface area contributed by atoms with Crippen molar-refractivity contribution in [3.05, 3.63) is 65.7 Å². The molecule has 5 heteroatoms. The first kappa shape index (κ1) is 17.5. The van der Waals surface area contributed by atoms with E-state index in [1.54, 1.807) is 0 Å². The highest BCUT2D eigenvalue weighted by Crippen LogP contribution is 2.10. The van der Waals surface area contributed by atoms with Gasteiger partial charge < -0.3 is 15.7 Å². The summed E-state index contributed by atoms with van der Waals surface area (Å²) >= 11 is 0. The molecule has 0 aromatic heterocycles. The van der Waals surface area contributed by atoms with Crippen LogP contribution in [-0.4, -0.2) is 23.1 Å². The molecule has 126 valence electrons. The van der Waals surface area contributed by atoms with Crippen molar-refractivity contribution in [2.75, 3.05) is 5.32 Å². The van der Waals surface area contributed by atoms with Crippen LogP contribution in [0.5, 0.6) is 0 Å². The van der Waals surface area contributed by atoms with Crippen molar-refractivity contribution in [3.8, 4) is 0 Å². The van der Waals surface area contributed by atoms with Crippen molar-refractivity contribution in [2.45, 2.75) is 32.2 Å². The molecule has 2 rings (SSSR count). The van der Waals surface area contributed by atoms with Gasteiger partial charge in [-0.15, -0.1) is 0 Å². The van der Waals surface area contributed by atoms with Gasteiger partial charge in [0, 0.05) is 18.2 Å². The molecule has 0 fully saturated rings. The normalized spacial score (nSPS) is 11.5. The van der Waals surface area contributed by atoms with Crippen molar-refractivity contribution >= 4 is 17.7 Å². The molecule has 5 nitrogen and oxygen atoms in total. The number of nitrogens with one attached hydrogen (secondary N) is 2. The number of aliphatic carboxylic acids is 1. The van der Waals surface area contributed by atoms with Crippen molar-refractivity contribution in [3.63, 3.8) is 0 Å². The summed E-state index contributed by atoms with van der Waals surface area (Å²) in [7, 11) is 0. The molecule has 0 aliphatic carbocycles. The molecule has 3 N–H and O–H groups in total. The average molecular weight is 326 g/mol. The third-order valence-electron chi connectivity index (χ3n) is 3.68. The Kier molecular flexibility index (Phi) is 6.37. The van der Waals surface area contributed by atoms with Gasteiger partial charge in [0.05, 0.1) is 0 Å². The van der Waals surface area contributed by atoms with Gasteiger partial charge >= 0.3 is 12.0 Å². The second-order valence-corrected chi connectivity index (χ2v) is 5.78. The van der Waals surface area contributed by atoms with Crippen molar-refractivity contribution < 1.29 is 14.7 Å². The fraction of sp³-hybridized carbons (Fsp3) is 0.263. The Morgan fingerprint density at radius 2 is 1.71 bits per heavy atom. The summed E-state index contributed by atoms with van der Waals surface area (Å²) in [4.78, 5) is 23.0. The van der Waals surface area contributed by atoms with E-state index in [0.29, 0.717) is 18.5 Å². The number of aryl methyl sites for hydroxylation is 1. The van der Waals surface area contributed by atoms with Gasteiger partial charge in [-0.25, -0.2) is 4.79 Å². The molecule has 1 atom stereocenters. The van der Waals surface area contributed by atoms with Crippen molar-refractivity contribution in [2.24, 2.45) is 0 Å². The van der Waals surface area contributed by atoms with Crippen LogP contribution in [-0.2, 0) is 11.2 Å². The Hall–Kier alpha value is -2.82. The quantitative estimate of drug-likeness (QED) is 0.727. The maximum Gasteiger partial charge on any atom is 0.319 e. The SMILES string of the molecule is Cc1ccc(NC(=O)NC(CCC(=O)O)Cc2ccccc2)cc1. The summed E-state index contributed by atoms with van der Waals surface area (Å²) < 4.78 is 0. The third kappa shape index (κ3) is 6.12. The highest BCUT2D eigenvalue weighted by Gasteiger charge is 2.15. The largest absolute Gasteiger partial charge is 0.481 e. The van der Waals surface area contributed by atoms with Gasteiger partial charge in [-0.3, -0.25) is 4.79 Å². The number of hydrogen-bond donors (Lipinski definition) is 3. The van der Waals surface area contributed by atoms with Crippen LogP contribution < -0.4 is 10.6 Å². The van der Waals surface area contributed by atoms with Crippen LogP contribution in [0.25, 0.3) is 0 Å². The van der Waals surface area contributed by atoms with Crippen LogP contribution in [0.4, 0.5) is 10.5 Å². The van der Waals surface area contributed by atoms with Crippen molar-refractivity contribution in [1.82, 2.24) is 5.32 Å². The number of amides is 2. The minimum Gasteiger partial charge on any atom is -0.481 e. The van der Waals surface area contributed by atoms with Gasteiger partial charge in [-0.1, -0.05) is 48.0 Å². The molecule has 0 bridgehead atoms. The summed E-state index contributed by atoms with van der Waals surface area (Å²) in [5.41, 5.74) is 2.88. The number of benzene rings is 2. The maximum atomic E-state index is 12.2. The zero-order valence-electron chi connectivity index (χ0n) is 13.7. The molecular formula is C19H22N2O3. The van der Waals surface area contributed by atoms with E-state index in [1.807, 2.05) is 61.5 Å². The summed E-state index contributed by atoms with van der Waals surface area (Å²) in [6, 6.07) is 16.6. The average Bonchev–Trinajstić information content (AvgIpc) is 2.55. The van der Waals surface area contributed by atoms with Crippen LogP contribution in [0.1, 0.15) is 24.0 Å². The van der Waals surface area contributed by atoms with Crippen LogP contribution in [0.2, 0.25) is 0 Å². The first-order valence-electron chi connectivity index (χ1n) is 7.93. The summed E-state index contributed by atoms with van der Waals surface area (Å²) in [6.45, 7) is 1.98. The zero-order chi connectivity index (χ0) is 17.4. The minimum absolute atomic E-state index is 0.0162. The standard InChI is InChI=1S/C19H22N2O3/c1-14-7-9-16(10-8-14)20-19(24)21-17(11-12-18(22)23)13-15-5-3-2-4-6-15/h2-10,17H,11-13H2,1H3,(H,22,23)(H2,20,21,24). The predicted molar refractivity (Wildman–Crippen MR) is 94.1 cm³/mol. The summed E-state index contributed by atoms with van der Waals surface area (Å²) in [5.74, 6) is -0.867. The maximum absolute atomic E-state index is 12.2. The second kappa shape index (κ2) is 8.72. The summed E-state index contributed by atoms with van der Waals surface area (Å²) in [6.07, 6.45) is 0.989. The molecule has 2 amide bonds. The van der Waals surface area contributed by atoms with E-state index < -0.39 is 5.97 Å². The van der Waals surface area contributed by atoms with Gasteiger partial charge in [0.1, 0.15) is 0 Å². The van der Waals surface area contributed by atoms with E-state index in [-0.39, 0.29) is 18.5 Å². The second-order valence-electron chi connectivity index (χ2n) is 5.78. The first-order valence-corrected chi connectivity index (χ1v) is 7.93. The smallest absolute Gasteiger partial charge is 0.319 e. The molecule has 0 radical (unpaired) electrons. The molecule has 0 saturated carbocycles. The number of carboxylic acids is 1. The molecule has 2 aromatic rings. The first-order chi connectivity index (χ1) is 11.5. The number of rotatable bonds is 7. The van der Waals surface area contributed by atoms with Gasteiger partial charge in [0.2, 0.25) is 0 Å². The molecule has 2 aromatic carbocycles. The van der Waals surface area contributed by atoms with E-state index in [4.69, 9.17) is 5.11 Å². The number of carboxylic acid groups (broad SMARTS) is 1. The monoisotopic (exact) mass is 326 g/mol. The van der Waals surface area contributed by atoms with E-state index in [1.165, 1.54) is 0 Å². The van der Waals surface area contributed by atoms with Crippen molar-refractivity contribution in [1.29, 1.82) is 0 Å². The fourth-order valence-corrected chi connectivity index (χ4v) is 2.41. The van der Waals surface area contributed by atoms with Gasteiger partial charge in [0.25, 0.3) is 0 Å². The Bertz CT molecular complexity index is 669. The highest BCUT2D eigenvalue weighted by molar-refractivity contribution is 5.89. The van der Waals surface area contributed by atoms with Crippen LogP contribution >= 0.6 is 0 Å². The number of hydrogen-bond acceptors (Lipinski definition) is 2. The number of urea groups is 1. The fourth-order valence-electron chi connectivity index (χ4n) is 2.41. The van der Waals surface area contributed by atoms with Crippen LogP contribution in [0.15, 0.2) is 54.6 Å². The predicted octanol–water partition coefficient (Wildman–Crippen LogP) is 3.59. The molecule has 24 heavy (non-hydrogen) atoms. The molecule has 0 aliphatic heterocycles. The van der Waals surface area contributed by atoms with E-state index in [9.17, 15) is 9.59 Å². The van der Waals surface area contributed by atoms with E-state index >= 15 is 0 Å². The Morgan fingerprint density at radius 1 is 1.04 bits per heavy atom. The number of carbonyl (C=O) groups is 2. The molecule has 0 spiro atoms. The lowest BCUT2D eigenvalue weighted by Gasteiger charge is -2.19. The third-order valence-corrected chi connectivity index (χ3v) is 3.68. The lowest BCUT2D eigenvalue weighted by molar-refractivity contribution is -0.137. The Labute approximate surface area is 141 Å². The number of carbonyl (C=O) groups excluding carboxylic acids is 1. The van der Waals surface area contributed by atoms with Crippen LogP contribution in [0, 0.1) is 6.92 Å². The molecular weight excluding hydrogens is 304 g/mol. The van der Waals surface area contributed by atoms with Gasteiger partial charge in [0.15, 0.2) is 0 Å². The summed E-state index contributed by atoms with van der Waals surface area (Å²) in [5, 5.41) is 14.5. The topological polar surface area (TPSA) is 78.4 Å². The highest BCUT2D eigenvalue weighted by atomic mass is 16.4. The zero-order valence-corrected chi connectivity index (χ0v) is 13.7. The van der Waals surface area contributed by atoms with E-state index in [2.05, 4.69) is 10.6 Å².